The van der Waals surface area contributed by atoms with Crippen molar-refractivity contribution >= 4 is 28.8 Å². The zero-order valence-electron chi connectivity index (χ0n) is 16.6. The number of fused-ring (bicyclic) bond motifs is 2. The van der Waals surface area contributed by atoms with Crippen LogP contribution in [0.2, 0.25) is 0 Å². The van der Waals surface area contributed by atoms with Crippen LogP contribution in [0.1, 0.15) is 38.3 Å². The van der Waals surface area contributed by atoms with Crippen molar-refractivity contribution in [2.24, 2.45) is 0 Å². The summed E-state index contributed by atoms with van der Waals surface area (Å²) in [6, 6.07) is 12.4. The van der Waals surface area contributed by atoms with E-state index in [0.717, 1.165) is 48.0 Å². The molecular weight excluding hydrogens is 385 g/mol. The topological polar surface area (TPSA) is 39.3 Å². The highest BCUT2D eigenvalue weighted by molar-refractivity contribution is 7.97. The number of hydrogen-bond donors (Lipinski definition) is 1. The highest BCUT2D eigenvalue weighted by Crippen LogP contribution is 2.48. The van der Waals surface area contributed by atoms with Gasteiger partial charge in [0, 0.05) is 59.7 Å². The van der Waals surface area contributed by atoms with Crippen molar-refractivity contribution in [3.8, 4) is 11.1 Å². The Balaban J connectivity index is 1.40. The first-order chi connectivity index (χ1) is 14.0. The molecule has 150 valence electrons. The number of nitrogens with zero attached hydrogens (tertiary/aromatic N) is 2. The van der Waals surface area contributed by atoms with Gasteiger partial charge in [-0.2, -0.15) is 0 Å². The number of likely N-dealkylation sites (tertiary alicyclic amines) is 1. The number of hydrogen-bond acceptors (Lipinski definition) is 3. The predicted molar refractivity (Wildman–Crippen MR) is 115 cm³/mol. The smallest absolute Gasteiger partial charge is 0.219 e. The van der Waals surface area contributed by atoms with Crippen molar-refractivity contribution in [1.29, 1.82) is 0 Å². The monoisotopic (exact) mass is 409 g/mol. The van der Waals surface area contributed by atoms with Crippen LogP contribution >= 0.6 is 11.9 Å². The lowest BCUT2D eigenvalue weighted by molar-refractivity contribution is -0.130. The molecule has 0 saturated carbocycles. The number of H-pyrrole nitrogens is 1. The highest BCUT2D eigenvalue weighted by Gasteiger charge is 2.35. The molecule has 5 rings (SSSR count). The molecule has 2 aliphatic heterocycles. The molecule has 2 aliphatic rings. The summed E-state index contributed by atoms with van der Waals surface area (Å²) in [5, 5.41) is 1.04. The van der Waals surface area contributed by atoms with Gasteiger partial charge in [-0.1, -0.05) is 6.07 Å². The standard InChI is InChI=1S/C23H24FN3OS/c1-14-20-11-16(21-13-25-22-12-17(24)4-5-19(21)22)3-6-23(20)29-27(14)18-7-9-26(10-8-18)15(2)28/h3-6,11-14,18,25H,7-10H2,1-2H3. The minimum atomic E-state index is -0.226. The van der Waals surface area contributed by atoms with Crippen LogP contribution in [0, 0.1) is 5.82 Å². The average Bonchev–Trinajstić information content (AvgIpc) is 3.28. The van der Waals surface area contributed by atoms with Gasteiger partial charge in [0.1, 0.15) is 5.82 Å². The van der Waals surface area contributed by atoms with Gasteiger partial charge in [0.05, 0.1) is 0 Å². The van der Waals surface area contributed by atoms with Crippen LogP contribution in [0.3, 0.4) is 0 Å². The number of amides is 1. The molecule has 1 fully saturated rings. The predicted octanol–water partition coefficient (Wildman–Crippen LogP) is 5.37. The van der Waals surface area contributed by atoms with E-state index in [-0.39, 0.29) is 11.7 Å². The van der Waals surface area contributed by atoms with Gasteiger partial charge in [-0.3, -0.25) is 4.79 Å². The second kappa shape index (κ2) is 7.18. The number of benzene rings is 2. The maximum atomic E-state index is 13.5. The van der Waals surface area contributed by atoms with Gasteiger partial charge >= 0.3 is 0 Å². The maximum absolute atomic E-state index is 13.5. The van der Waals surface area contributed by atoms with Crippen LogP contribution in [0.4, 0.5) is 4.39 Å². The normalized spacial score (nSPS) is 20.4. The lowest BCUT2D eigenvalue weighted by Crippen LogP contribution is -2.43. The Morgan fingerprint density at radius 3 is 2.72 bits per heavy atom. The van der Waals surface area contributed by atoms with Gasteiger partial charge in [-0.05, 0) is 73.2 Å². The molecule has 0 radical (unpaired) electrons. The van der Waals surface area contributed by atoms with E-state index in [2.05, 4.69) is 34.4 Å². The van der Waals surface area contributed by atoms with E-state index in [1.807, 2.05) is 29.1 Å². The van der Waals surface area contributed by atoms with Crippen LogP contribution in [0.5, 0.6) is 0 Å². The summed E-state index contributed by atoms with van der Waals surface area (Å²) >= 11 is 1.84. The van der Waals surface area contributed by atoms with Crippen LogP contribution in [0.25, 0.3) is 22.0 Å². The number of carbonyl (C=O) groups excluding carboxylic acids is 1. The molecule has 1 unspecified atom stereocenters. The number of rotatable bonds is 2. The number of aromatic nitrogens is 1. The molecule has 1 atom stereocenters. The Bertz CT molecular complexity index is 1090. The fraction of sp³-hybridized carbons (Fsp3) is 0.348. The van der Waals surface area contributed by atoms with Crippen molar-refractivity contribution < 1.29 is 9.18 Å². The van der Waals surface area contributed by atoms with Crippen LogP contribution < -0.4 is 0 Å². The summed E-state index contributed by atoms with van der Waals surface area (Å²) in [4.78, 5) is 18.1. The number of aromatic amines is 1. The van der Waals surface area contributed by atoms with Gasteiger partial charge in [0.25, 0.3) is 0 Å². The second-order valence-corrected chi connectivity index (χ2v) is 9.05. The fourth-order valence-electron chi connectivity index (χ4n) is 4.62. The summed E-state index contributed by atoms with van der Waals surface area (Å²) < 4.78 is 16.0. The third-order valence-electron chi connectivity index (χ3n) is 6.27. The Morgan fingerprint density at radius 2 is 1.97 bits per heavy atom. The van der Waals surface area contributed by atoms with Gasteiger partial charge in [0.15, 0.2) is 0 Å². The molecule has 0 spiro atoms. The van der Waals surface area contributed by atoms with E-state index >= 15 is 0 Å². The molecule has 1 N–H and O–H groups in total. The van der Waals surface area contributed by atoms with Crippen molar-refractivity contribution in [1.82, 2.24) is 14.2 Å². The molecule has 0 aliphatic carbocycles. The zero-order chi connectivity index (χ0) is 20.1. The van der Waals surface area contributed by atoms with E-state index in [1.165, 1.54) is 16.5 Å². The van der Waals surface area contributed by atoms with Gasteiger partial charge in [-0.15, -0.1) is 0 Å². The first kappa shape index (κ1) is 18.7. The first-order valence-corrected chi connectivity index (χ1v) is 10.9. The zero-order valence-corrected chi connectivity index (χ0v) is 17.4. The summed E-state index contributed by atoms with van der Waals surface area (Å²) in [5.74, 6) is -0.0477. The molecular formula is C23H24FN3OS. The van der Waals surface area contributed by atoms with Crippen LogP contribution in [-0.2, 0) is 4.79 Å². The van der Waals surface area contributed by atoms with E-state index in [9.17, 15) is 9.18 Å². The van der Waals surface area contributed by atoms with Crippen molar-refractivity contribution in [3.05, 3.63) is 54.0 Å². The lowest BCUT2D eigenvalue weighted by Gasteiger charge is -2.37. The van der Waals surface area contributed by atoms with Gasteiger partial charge in [0.2, 0.25) is 5.91 Å². The molecule has 6 heteroatoms. The number of nitrogens with one attached hydrogen (secondary N) is 1. The number of halogens is 1. The summed E-state index contributed by atoms with van der Waals surface area (Å²) in [7, 11) is 0. The maximum Gasteiger partial charge on any atom is 0.219 e. The summed E-state index contributed by atoms with van der Waals surface area (Å²) in [5.41, 5.74) is 4.43. The first-order valence-electron chi connectivity index (χ1n) is 10.1. The molecule has 4 nitrogen and oxygen atoms in total. The molecule has 1 amide bonds. The summed E-state index contributed by atoms with van der Waals surface area (Å²) in [6.45, 7) is 5.61. The number of piperidine rings is 1. The van der Waals surface area contributed by atoms with Crippen molar-refractivity contribution in [2.75, 3.05) is 13.1 Å². The molecule has 0 bridgehead atoms. The minimum Gasteiger partial charge on any atom is -0.360 e. The molecule has 29 heavy (non-hydrogen) atoms. The molecule has 1 aromatic heterocycles. The number of carbonyl (C=O) groups is 1. The Kier molecular flexibility index (Phi) is 4.63. The van der Waals surface area contributed by atoms with E-state index < -0.39 is 0 Å². The largest absolute Gasteiger partial charge is 0.360 e. The average molecular weight is 410 g/mol. The third-order valence-corrected chi connectivity index (χ3v) is 7.66. The van der Waals surface area contributed by atoms with Crippen molar-refractivity contribution in [2.45, 2.75) is 43.7 Å². The lowest BCUT2D eigenvalue weighted by atomic mass is 9.98. The van der Waals surface area contributed by atoms with Crippen LogP contribution in [-0.4, -0.2) is 39.2 Å². The van der Waals surface area contributed by atoms with E-state index in [0.29, 0.717) is 12.1 Å². The van der Waals surface area contributed by atoms with Gasteiger partial charge < -0.3 is 9.88 Å². The third kappa shape index (κ3) is 3.24. The second-order valence-electron chi connectivity index (χ2n) is 8.01. The van der Waals surface area contributed by atoms with E-state index in [1.54, 1.807) is 13.0 Å². The Hall–Kier alpha value is -2.31. The van der Waals surface area contributed by atoms with Gasteiger partial charge in [-0.25, -0.2) is 8.70 Å². The Labute approximate surface area is 174 Å². The minimum absolute atomic E-state index is 0.178. The van der Waals surface area contributed by atoms with E-state index in [4.69, 9.17) is 0 Å². The molecule has 3 aromatic rings. The quantitative estimate of drug-likeness (QED) is 0.579. The summed E-state index contributed by atoms with van der Waals surface area (Å²) in [6.07, 6.45) is 4.01. The highest BCUT2D eigenvalue weighted by atomic mass is 32.2. The Morgan fingerprint density at radius 1 is 1.17 bits per heavy atom. The SMILES string of the molecule is CC(=O)N1CCC(N2Sc3ccc(-c4c[nH]c5cc(F)ccc45)cc3C2C)CC1. The van der Waals surface area contributed by atoms with Crippen LogP contribution in [0.15, 0.2) is 47.5 Å². The molecule has 1 saturated heterocycles. The molecule has 2 aromatic carbocycles. The molecule has 3 heterocycles. The fourth-order valence-corrected chi connectivity index (χ4v) is 5.94. The van der Waals surface area contributed by atoms with Crippen molar-refractivity contribution in [3.63, 3.8) is 0 Å².